The van der Waals surface area contributed by atoms with Gasteiger partial charge in [-0.25, -0.2) is 4.79 Å². The van der Waals surface area contributed by atoms with E-state index in [1.165, 1.54) is 25.7 Å². The Bertz CT molecular complexity index is 243. The molecule has 0 saturated heterocycles. The standard InChI is InChI=1S/C9H16.C5H11NO2/c1-3-8-5-6-9(4-2)7-8;1-5(2,3)8-4(6)7/h3,8-9H,1,4-7H2,2H3;1-3H3,(H2,6,7)/t8-,9-;/m1./s1. The Kier molecular flexibility index (Phi) is 6.93. The third-order valence-electron chi connectivity index (χ3n) is 2.90. The van der Waals surface area contributed by atoms with Crippen molar-refractivity contribution in [1.82, 2.24) is 0 Å². The van der Waals surface area contributed by atoms with Gasteiger partial charge >= 0.3 is 6.09 Å². The Hall–Kier alpha value is -0.990. The molecular weight excluding hydrogens is 214 g/mol. The molecule has 1 amide bonds. The third-order valence-corrected chi connectivity index (χ3v) is 2.90. The van der Waals surface area contributed by atoms with Crippen molar-refractivity contribution in [2.45, 2.75) is 59.0 Å². The molecule has 0 unspecified atom stereocenters. The van der Waals surface area contributed by atoms with E-state index in [4.69, 9.17) is 5.73 Å². The molecule has 1 fully saturated rings. The predicted octanol–water partition coefficient (Wildman–Crippen LogP) is 3.88. The number of carbonyl (C=O) groups excluding carboxylic acids is 1. The van der Waals surface area contributed by atoms with E-state index in [1.807, 2.05) is 0 Å². The molecule has 1 aliphatic rings. The SMILES string of the molecule is C=C[C@@H]1CC[C@@H](CC)C1.CC(C)(C)OC(N)=O. The van der Waals surface area contributed by atoms with E-state index in [0.717, 1.165) is 11.8 Å². The number of primary amides is 1. The molecule has 100 valence electrons. The summed E-state index contributed by atoms with van der Waals surface area (Å²) in [6.45, 7) is 11.4. The van der Waals surface area contributed by atoms with Gasteiger partial charge in [-0.3, -0.25) is 0 Å². The van der Waals surface area contributed by atoms with Crippen LogP contribution in [0, 0.1) is 11.8 Å². The molecule has 17 heavy (non-hydrogen) atoms. The lowest BCUT2D eigenvalue weighted by molar-refractivity contribution is 0.0600. The van der Waals surface area contributed by atoms with Crippen LogP contribution in [0.25, 0.3) is 0 Å². The number of rotatable bonds is 2. The molecule has 0 aromatic carbocycles. The number of hydrogen-bond donors (Lipinski definition) is 1. The highest BCUT2D eigenvalue weighted by Gasteiger charge is 2.20. The first-order chi connectivity index (χ1) is 7.78. The molecule has 3 heteroatoms. The Morgan fingerprint density at radius 1 is 1.47 bits per heavy atom. The molecule has 0 spiro atoms. The van der Waals surface area contributed by atoms with Gasteiger partial charge in [-0.05, 0) is 51.9 Å². The minimum absolute atomic E-state index is 0.453. The Morgan fingerprint density at radius 3 is 2.24 bits per heavy atom. The van der Waals surface area contributed by atoms with E-state index < -0.39 is 11.7 Å². The molecule has 2 atom stereocenters. The molecule has 0 heterocycles. The van der Waals surface area contributed by atoms with Gasteiger partial charge in [0.15, 0.2) is 0 Å². The zero-order valence-electron chi connectivity index (χ0n) is 11.7. The van der Waals surface area contributed by atoms with E-state index in [2.05, 4.69) is 24.3 Å². The van der Waals surface area contributed by atoms with Gasteiger partial charge in [0.05, 0.1) is 0 Å². The zero-order valence-corrected chi connectivity index (χ0v) is 11.7. The molecule has 0 aromatic rings. The molecule has 3 nitrogen and oxygen atoms in total. The summed E-state index contributed by atoms with van der Waals surface area (Å²) in [5, 5.41) is 0. The monoisotopic (exact) mass is 241 g/mol. The van der Waals surface area contributed by atoms with Crippen LogP contribution in [0.4, 0.5) is 4.79 Å². The van der Waals surface area contributed by atoms with Crippen LogP contribution in [0.3, 0.4) is 0 Å². The number of hydrogen-bond acceptors (Lipinski definition) is 2. The van der Waals surface area contributed by atoms with Crippen LogP contribution >= 0.6 is 0 Å². The van der Waals surface area contributed by atoms with E-state index >= 15 is 0 Å². The second kappa shape index (κ2) is 7.36. The van der Waals surface area contributed by atoms with Crippen LogP contribution in [0.1, 0.15) is 53.4 Å². The van der Waals surface area contributed by atoms with Crippen molar-refractivity contribution in [3.8, 4) is 0 Å². The van der Waals surface area contributed by atoms with Crippen LogP contribution in [-0.2, 0) is 4.74 Å². The van der Waals surface area contributed by atoms with Crippen molar-refractivity contribution >= 4 is 6.09 Å². The van der Waals surface area contributed by atoms with Gasteiger partial charge in [0, 0.05) is 0 Å². The van der Waals surface area contributed by atoms with Crippen LogP contribution in [-0.4, -0.2) is 11.7 Å². The highest BCUT2D eigenvalue weighted by molar-refractivity contribution is 5.65. The van der Waals surface area contributed by atoms with Crippen molar-refractivity contribution in [1.29, 1.82) is 0 Å². The van der Waals surface area contributed by atoms with Gasteiger partial charge in [-0.2, -0.15) is 0 Å². The van der Waals surface area contributed by atoms with Gasteiger partial charge < -0.3 is 10.5 Å². The Balaban J connectivity index is 0.000000304. The lowest BCUT2D eigenvalue weighted by Crippen LogP contribution is -2.27. The second-order valence-corrected chi connectivity index (χ2v) is 5.62. The van der Waals surface area contributed by atoms with E-state index in [9.17, 15) is 4.79 Å². The first-order valence-electron chi connectivity index (χ1n) is 6.39. The fraction of sp³-hybridized carbons (Fsp3) is 0.786. The molecule has 0 bridgehead atoms. The molecule has 1 rings (SSSR count). The maximum atomic E-state index is 10.0. The third kappa shape index (κ3) is 8.78. The van der Waals surface area contributed by atoms with Crippen LogP contribution in [0.15, 0.2) is 12.7 Å². The number of nitrogens with two attached hydrogens (primary N) is 1. The second-order valence-electron chi connectivity index (χ2n) is 5.62. The van der Waals surface area contributed by atoms with Crippen molar-refractivity contribution in [3.05, 3.63) is 12.7 Å². The molecule has 0 aromatic heterocycles. The minimum Gasteiger partial charge on any atom is -0.444 e. The average molecular weight is 241 g/mol. The van der Waals surface area contributed by atoms with Crippen molar-refractivity contribution in [3.63, 3.8) is 0 Å². The fourth-order valence-electron chi connectivity index (χ4n) is 2.00. The van der Waals surface area contributed by atoms with Gasteiger partial charge in [0.1, 0.15) is 5.60 Å². The Labute approximate surface area is 105 Å². The van der Waals surface area contributed by atoms with Crippen LogP contribution in [0.5, 0.6) is 0 Å². The van der Waals surface area contributed by atoms with E-state index in [1.54, 1.807) is 20.8 Å². The van der Waals surface area contributed by atoms with Crippen molar-refractivity contribution in [2.75, 3.05) is 0 Å². The molecule has 1 aliphatic carbocycles. The highest BCUT2D eigenvalue weighted by atomic mass is 16.6. The predicted molar refractivity (Wildman–Crippen MR) is 71.7 cm³/mol. The summed E-state index contributed by atoms with van der Waals surface area (Å²) in [6.07, 6.45) is 6.99. The summed E-state index contributed by atoms with van der Waals surface area (Å²) in [6, 6.07) is 0. The summed E-state index contributed by atoms with van der Waals surface area (Å²) in [5.41, 5.74) is 4.26. The van der Waals surface area contributed by atoms with Gasteiger partial charge in [0.2, 0.25) is 0 Å². The summed E-state index contributed by atoms with van der Waals surface area (Å²) in [5.74, 6) is 1.85. The van der Waals surface area contributed by atoms with Gasteiger partial charge in [-0.15, -0.1) is 6.58 Å². The molecular formula is C14H27NO2. The normalized spacial score (nSPS) is 23.5. The van der Waals surface area contributed by atoms with Crippen LogP contribution in [0.2, 0.25) is 0 Å². The molecule has 1 saturated carbocycles. The summed E-state index contributed by atoms with van der Waals surface area (Å²) < 4.78 is 4.58. The number of allylic oxidation sites excluding steroid dienone is 1. The van der Waals surface area contributed by atoms with Crippen molar-refractivity contribution in [2.24, 2.45) is 17.6 Å². The first kappa shape index (κ1) is 16.0. The summed E-state index contributed by atoms with van der Waals surface area (Å²) in [4.78, 5) is 10.0. The van der Waals surface area contributed by atoms with E-state index in [-0.39, 0.29) is 0 Å². The zero-order chi connectivity index (χ0) is 13.5. The smallest absolute Gasteiger partial charge is 0.405 e. The number of amides is 1. The van der Waals surface area contributed by atoms with Crippen molar-refractivity contribution < 1.29 is 9.53 Å². The Morgan fingerprint density at radius 2 is 2.06 bits per heavy atom. The van der Waals surface area contributed by atoms with Crippen LogP contribution < -0.4 is 5.73 Å². The average Bonchev–Trinajstić information content (AvgIpc) is 2.62. The molecule has 0 radical (unpaired) electrons. The largest absolute Gasteiger partial charge is 0.444 e. The lowest BCUT2D eigenvalue weighted by atomic mass is 10.0. The summed E-state index contributed by atoms with van der Waals surface area (Å²) in [7, 11) is 0. The van der Waals surface area contributed by atoms with Gasteiger partial charge in [0.25, 0.3) is 0 Å². The van der Waals surface area contributed by atoms with Gasteiger partial charge in [-0.1, -0.05) is 19.4 Å². The molecule has 0 aliphatic heterocycles. The topological polar surface area (TPSA) is 52.3 Å². The molecule has 2 N–H and O–H groups in total. The fourth-order valence-corrected chi connectivity index (χ4v) is 2.00. The quantitative estimate of drug-likeness (QED) is 0.746. The summed E-state index contributed by atoms with van der Waals surface area (Å²) >= 11 is 0. The highest BCUT2D eigenvalue weighted by Crippen LogP contribution is 2.32. The maximum Gasteiger partial charge on any atom is 0.405 e. The first-order valence-corrected chi connectivity index (χ1v) is 6.39. The van der Waals surface area contributed by atoms with E-state index in [0.29, 0.717) is 0 Å². The maximum absolute atomic E-state index is 10.0. The minimum atomic E-state index is -0.725. The lowest BCUT2D eigenvalue weighted by Gasteiger charge is -2.16. The number of ether oxygens (including phenoxy) is 1. The number of carbonyl (C=O) groups is 1.